The van der Waals surface area contributed by atoms with Crippen LogP contribution < -0.4 is 0 Å². The zero-order valence-corrected chi connectivity index (χ0v) is 12.0. The fraction of sp³-hybridized carbons (Fsp3) is 0.385. The van der Waals surface area contributed by atoms with Gasteiger partial charge in [0.05, 0.1) is 5.75 Å². The molecule has 2 rings (SSSR count). The average molecular weight is 313 g/mol. The molecule has 1 saturated heterocycles. The lowest BCUT2D eigenvalue weighted by Gasteiger charge is -2.18. The fourth-order valence-corrected chi connectivity index (χ4v) is 3.30. The van der Waals surface area contributed by atoms with Crippen molar-refractivity contribution in [3.63, 3.8) is 0 Å². The third-order valence-corrected chi connectivity index (χ3v) is 4.58. The number of hydrogen-bond acceptors (Lipinski definition) is 5. The molecule has 8 heteroatoms. The highest BCUT2D eigenvalue weighted by atomic mass is 32.2. The van der Waals surface area contributed by atoms with E-state index in [2.05, 4.69) is 0 Å². The van der Waals surface area contributed by atoms with Crippen molar-refractivity contribution in [1.29, 1.82) is 0 Å². The predicted octanol–water partition coefficient (Wildman–Crippen LogP) is 0.507. The number of sulfone groups is 1. The van der Waals surface area contributed by atoms with Crippen LogP contribution in [-0.4, -0.2) is 54.8 Å². The van der Waals surface area contributed by atoms with Gasteiger partial charge in [0.1, 0.15) is 5.88 Å². The lowest BCUT2D eigenvalue weighted by Crippen LogP contribution is -2.37. The highest BCUT2D eigenvalue weighted by Crippen LogP contribution is 2.12. The molecule has 0 aliphatic carbocycles. The molecular weight excluding hydrogens is 298 g/mol. The van der Waals surface area contributed by atoms with Gasteiger partial charge in [0, 0.05) is 13.0 Å². The average Bonchev–Trinajstić information content (AvgIpc) is 2.79. The van der Waals surface area contributed by atoms with Gasteiger partial charge in [0.2, 0.25) is 6.10 Å². The molecule has 1 atom stereocenters. The van der Waals surface area contributed by atoms with Crippen LogP contribution >= 0.6 is 0 Å². The van der Waals surface area contributed by atoms with Gasteiger partial charge in [-0.05, 0) is 5.56 Å². The first-order valence-corrected chi connectivity index (χ1v) is 8.12. The van der Waals surface area contributed by atoms with Crippen LogP contribution in [0.1, 0.15) is 5.56 Å². The summed E-state index contributed by atoms with van der Waals surface area (Å²) >= 11 is 0. The van der Waals surface area contributed by atoms with E-state index in [0.29, 0.717) is 5.56 Å². The van der Waals surface area contributed by atoms with E-state index in [0.717, 1.165) is 4.90 Å². The molecule has 0 spiro atoms. The third-order valence-electron chi connectivity index (χ3n) is 3.07. The van der Waals surface area contributed by atoms with E-state index in [-0.39, 0.29) is 18.7 Å². The standard InChI is InChI=1S/C13H15NO6S/c15-12(16)11(8-10-4-2-1-3-5-10)20-13(17)14-6-7-21(18,19)9-14/h1-5,11H,6-9H2,(H,15,16). The molecule has 1 heterocycles. The SMILES string of the molecule is O=C(O)C(Cc1ccccc1)OC(=O)N1CCS(=O)(=O)C1. The van der Waals surface area contributed by atoms with Gasteiger partial charge in [0.25, 0.3) is 0 Å². The summed E-state index contributed by atoms with van der Waals surface area (Å²) in [6.07, 6.45) is -2.23. The number of rotatable bonds is 4. The summed E-state index contributed by atoms with van der Waals surface area (Å²) in [5, 5.41) is 9.11. The number of carboxylic acid groups (broad SMARTS) is 1. The summed E-state index contributed by atoms with van der Waals surface area (Å²) in [4.78, 5) is 24.0. The zero-order chi connectivity index (χ0) is 15.5. The zero-order valence-electron chi connectivity index (χ0n) is 11.1. The second kappa shape index (κ2) is 6.13. The molecule has 1 N–H and O–H groups in total. The van der Waals surface area contributed by atoms with Crippen LogP contribution in [0.5, 0.6) is 0 Å². The lowest BCUT2D eigenvalue weighted by atomic mass is 10.1. The van der Waals surface area contributed by atoms with Crippen LogP contribution in [0.2, 0.25) is 0 Å². The van der Waals surface area contributed by atoms with Crippen LogP contribution in [0, 0.1) is 0 Å². The van der Waals surface area contributed by atoms with Gasteiger partial charge < -0.3 is 9.84 Å². The summed E-state index contributed by atoms with van der Waals surface area (Å²) in [5.74, 6) is -1.82. The summed E-state index contributed by atoms with van der Waals surface area (Å²) < 4.78 is 27.5. The number of benzene rings is 1. The van der Waals surface area contributed by atoms with E-state index >= 15 is 0 Å². The normalized spacial score (nSPS) is 18.2. The molecule has 1 unspecified atom stereocenters. The first-order chi connectivity index (χ1) is 9.87. The summed E-state index contributed by atoms with van der Waals surface area (Å²) in [5.41, 5.74) is 0.715. The Balaban J connectivity index is 2.00. The Hall–Kier alpha value is -2.09. The number of amides is 1. The second-order valence-corrected chi connectivity index (χ2v) is 6.89. The predicted molar refractivity (Wildman–Crippen MR) is 73.4 cm³/mol. The van der Waals surface area contributed by atoms with Crippen LogP contribution in [0.4, 0.5) is 4.79 Å². The molecule has 114 valence electrons. The number of hydrogen-bond donors (Lipinski definition) is 1. The fourth-order valence-electron chi connectivity index (χ4n) is 1.96. The number of carbonyl (C=O) groups excluding carboxylic acids is 1. The van der Waals surface area contributed by atoms with E-state index in [1.807, 2.05) is 0 Å². The Morgan fingerprint density at radius 3 is 2.48 bits per heavy atom. The highest BCUT2D eigenvalue weighted by Gasteiger charge is 2.33. The Labute approximate surface area is 122 Å². The molecule has 1 aromatic carbocycles. The highest BCUT2D eigenvalue weighted by molar-refractivity contribution is 7.91. The molecule has 0 saturated carbocycles. The Morgan fingerprint density at radius 1 is 1.29 bits per heavy atom. The molecule has 1 aliphatic heterocycles. The molecule has 1 aromatic rings. The van der Waals surface area contributed by atoms with Gasteiger partial charge in [0.15, 0.2) is 9.84 Å². The van der Waals surface area contributed by atoms with E-state index in [9.17, 15) is 18.0 Å². The first-order valence-electron chi connectivity index (χ1n) is 6.30. The van der Waals surface area contributed by atoms with Gasteiger partial charge in [-0.2, -0.15) is 0 Å². The largest absolute Gasteiger partial charge is 0.478 e. The summed E-state index contributed by atoms with van der Waals surface area (Å²) in [6, 6.07) is 8.75. The van der Waals surface area contributed by atoms with Crippen molar-refractivity contribution in [2.75, 3.05) is 18.2 Å². The minimum absolute atomic E-state index is 0.0266. The van der Waals surface area contributed by atoms with Crippen LogP contribution in [0.3, 0.4) is 0 Å². The van der Waals surface area contributed by atoms with Crippen LogP contribution in [-0.2, 0) is 25.8 Å². The number of ether oxygens (including phenoxy) is 1. The molecule has 0 aromatic heterocycles. The summed E-state index contributed by atoms with van der Waals surface area (Å²) in [6.45, 7) is 0.0266. The number of nitrogens with zero attached hydrogens (tertiary/aromatic N) is 1. The molecule has 21 heavy (non-hydrogen) atoms. The topological polar surface area (TPSA) is 101 Å². The maximum absolute atomic E-state index is 11.8. The minimum Gasteiger partial charge on any atom is -0.478 e. The number of aliphatic carboxylic acids is 1. The van der Waals surface area contributed by atoms with Crippen molar-refractivity contribution in [2.45, 2.75) is 12.5 Å². The maximum atomic E-state index is 11.8. The van der Waals surface area contributed by atoms with Gasteiger partial charge in [-0.1, -0.05) is 30.3 Å². The van der Waals surface area contributed by atoms with E-state index < -0.39 is 33.9 Å². The molecule has 1 fully saturated rings. The van der Waals surface area contributed by atoms with Crippen molar-refractivity contribution in [2.24, 2.45) is 0 Å². The van der Waals surface area contributed by atoms with E-state index in [1.165, 1.54) is 0 Å². The molecule has 0 radical (unpaired) electrons. The maximum Gasteiger partial charge on any atom is 0.411 e. The molecule has 1 aliphatic rings. The van der Waals surface area contributed by atoms with Crippen molar-refractivity contribution >= 4 is 21.9 Å². The second-order valence-electron chi connectivity index (χ2n) is 4.74. The van der Waals surface area contributed by atoms with Crippen LogP contribution in [0.25, 0.3) is 0 Å². The van der Waals surface area contributed by atoms with Gasteiger partial charge >= 0.3 is 12.1 Å². The van der Waals surface area contributed by atoms with E-state index in [4.69, 9.17) is 9.84 Å². The Bertz CT molecular complexity index is 627. The van der Waals surface area contributed by atoms with Gasteiger partial charge in [-0.25, -0.2) is 18.0 Å². The Morgan fingerprint density at radius 2 is 1.95 bits per heavy atom. The van der Waals surface area contributed by atoms with Crippen molar-refractivity contribution < 1.29 is 27.9 Å². The van der Waals surface area contributed by atoms with Gasteiger partial charge in [-0.3, -0.25) is 4.90 Å². The lowest BCUT2D eigenvalue weighted by molar-refractivity contribution is -0.147. The van der Waals surface area contributed by atoms with E-state index in [1.54, 1.807) is 30.3 Å². The quantitative estimate of drug-likeness (QED) is 0.869. The van der Waals surface area contributed by atoms with Gasteiger partial charge in [-0.15, -0.1) is 0 Å². The molecule has 7 nitrogen and oxygen atoms in total. The van der Waals surface area contributed by atoms with Crippen molar-refractivity contribution in [1.82, 2.24) is 4.90 Å². The minimum atomic E-state index is -3.28. The summed E-state index contributed by atoms with van der Waals surface area (Å²) in [7, 11) is -3.28. The monoisotopic (exact) mass is 313 g/mol. The Kier molecular flexibility index (Phi) is 4.46. The molecule has 1 amide bonds. The van der Waals surface area contributed by atoms with Crippen LogP contribution in [0.15, 0.2) is 30.3 Å². The number of carboxylic acids is 1. The van der Waals surface area contributed by atoms with Crippen molar-refractivity contribution in [3.8, 4) is 0 Å². The van der Waals surface area contributed by atoms with Crippen molar-refractivity contribution in [3.05, 3.63) is 35.9 Å². The smallest absolute Gasteiger partial charge is 0.411 e. The molecule has 0 bridgehead atoms. The molecular formula is C13H15NO6S. The third kappa shape index (κ3) is 4.19. The number of carbonyl (C=O) groups is 2. The first kappa shape index (κ1) is 15.3.